The summed E-state index contributed by atoms with van der Waals surface area (Å²) in [5, 5.41) is 13.0. The van der Waals surface area contributed by atoms with Crippen molar-refractivity contribution in [2.75, 3.05) is 11.6 Å². The molecular formula is C16H16FN5O2S2. The largest absolute Gasteiger partial charge is 0.482 e. The van der Waals surface area contributed by atoms with Crippen LogP contribution in [0.5, 0.6) is 5.75 Å². The van der Waals surface area contributed by atoms with Crippen molar-refractivity contribution in [2.24, 2.45) is 0 Å². The average molecular weight is 393 g/mol. The highest BCUT2D eigenvalue weighted by Crippen LogP contribution is 2.18. The number of amides is 1. The van der Waals surface area contributed by atoms with Gasteiger partial charge in [-0.1, -0.05) is 30.0 Å². The molecule has 136 valence electrons. The van der Waals surface area contributed by atoms with Crippen LogP contribution in [0.2, 0.25) is 0 Å². The predicted molar refractivity (Wildman–Crippen MR) is 97.8 cm³/mol. The molecule has 3 N–H and O–H groups in total. The number of hydrogen-bond donors (Lipinski definition) is 2. The molecule has 0 aliphatic rings. The highest BCUT2D eigenvalue weighted by Gasteiger charge is 2.13. The minimum Gasteiger partial charge on any atom is -0.482 e. The number of rotatable bonds is 8. The second-order valence-electron chi connectivity index (χ2n) is 5.13. The Balaban J connectivity index is 1.49. The normalized spacial score (nSPS) is 10.7. The van der Waals surface area contributed by atoms with Gasteiger partial charge in [0, 0.05) is 4.88 Å². The van der Waals surface area contributed by atoms with Gasteiger partial charge in [-0.05, 0) is 23.6 Å². The molecule has 3 rings (SSSR count). The number of thiophene rings is 1. The van der Waals surface area contributed by atoms with Crippen molar-refractivity contribution in [1.82, 2.24) is 20.2 Å². The number of ether oxygens (including phenoxy) is 1. The third-order valence-electron chi connectivity index (χ3n) is 3.30. The van der Waals surface area contributed by atoms with Crippen LogP contribution in [0.4, 0.5) is 4.39 Å². The lowest BCUT2D eigenvalue weighted by Gasteiger charge is -2.07. The number of benzene rings is 1. The van der Waals surface area contributed by atoms with E-state index < -0.39 is 5.82 Å². The number of carbonyl (C=O) groups is 1. The van der Waals surface area contributed by atoms with Crippen LogP contribution in [-0.2, 0) is 17.9 Å². The Kier molecular flexibility index (Phi) is 6.08. The van der Waals surface area contributed by atoms with Crippen LogP contribution in [0.15, 0.2) is 46.9 Å². The highest BCUT2D eigenvalue weighted by molar-refractivity contribution is 7.99. The molecule has 0 aliphatic carbocycles. The summed E-state index contributed by atoms with van der Waals surface area (Å²) >= 11 is 2.75. The lowest BCUT2D eigenvalue weighted by Crippen LogP contribution is -2.24. The van der Waals surface area contributed by atoms with Crippen LogP contribution in [0, 0.1) is 5.82 Å². The maximum absolute atomic E-state index is 13.5. The second-order valence-corrected chi connectivity index (χ2v) is 7.11. The summed E-state index contributed by atoms with van der Waals surface area (Å²) in [5.74, 6) is 5.91. The van der Waals surface area contributed by atoms with E-state index in [0.717, 1.165) is 16.6 Å². The SMILES string of the molecule is Nn1c(COc2ccccc2F)nnc1SCC(=O)NCc1cccs1. The van der Waals surface area contributed by atoms with E-state index in [-0.39, 0.29) is 24.0 Å². The van der Waals surface area contributed by atoms with E-state index in [1.54, 1.807) is 23.5 Å². The molecule has 1 aromatic carbocycles. The number of hydrogen-bond acceptors (Lipinski definition) is 7. The number of halogens is 1. The fourth-order valence-electron chi connectivity index (χ4n) is 1.99. The van der Waals surface area contributed by atoms with Crippen molar-refractivity contribution in [1.29, 1.82) is 0 Å². The maximum Gasteiger partial charge on any atom is 0.230 e. The molecule has 0 spiro atoms. The van der Waals surface area contributed by atoms with Crippen molar-refractivity contribution in [3.63, 3.8) is 0 Å². The molecule has 2 aromatic heterocycles. The Morgan fingerprint density at radius 3 is 2.92 bits per heavy atom. The molecule has 26 heavy (non-hydrogen) atoms. The van der Waals surface area contributed by atoms with E-state index in [1.165, 1.54) is 16.8 Å². The summed E-state index contributed by atoms with van der Waals surface area (Å²) < 4.78 is 20.1. The zero-order chi connectivity index (χ0) is 18.4. The first-order chi connectivity index (χ1) is 12.6. The van der Waals surface area contributed by atoms with Gasteiger partial charge in [-0.3, -0.25) is 4.79 Å². The van der Waals surface area contributed by atoms with E-state index in [4.69, 9.17) is 10.6 Å². The van der Waals surface area contributed by atoms with Gasteiger partial charge in [0.15, 0.2) is 17.4 Å². The summed E-state index contributed by atoms with van der Waals surface area (Å²) in [4.78, 5) is 13.0. The molecule has 0 aliphatic heterocycles. The molecule has 0 fully saturated rings. The molecule has 3 aromatic rings. The average Bonchev–Trinajstić information content (AvgIpc) is 3.28. The van der Waals surface area contributed by atoms with Crippen LogP contribution >= 0.6 is 23.1 Å². The molecule has 0 saturated carbocycles. The van der Waals surface area contributed by atoms with E-state index >= 15 is 0 Å². The second kappa shape index (κ2) is 8.68. The molecule has 0 bridgehead atoms. The van der Waals surface area contributed by atoms with Gasteiger partial charge in [0.2, 0.25) is 11.1 Å². The zero-order valence-electron chi connectivity index (χ0n) is 13.6. The van der Waals surface area contributed by atoms with Crippen LogP contribution in [0.1, 0.15) is 10.7 Å². The lowest BCUT2D eigenvalue weighted by molar-refractivity contribution is -0.118. The Bertz CT molecular complexity index is 869. The number of para-hydroxylation sites is 1. The Labute approximate surface area is 157 Å². The van der Waals surface area contributed by atoms with Gasteiger partial charge in [-0.2, -0.15) is 0 Å². The minimum atomic E-state index is -0.465. The number of nitrogens with two attached hydrogens (primary N) is 1. The van der Waals surface area contributed by atoms with Crippen LogP contribution < -0.4 is 15.9 Å². The number of nitrogen functional groups attached to an aromatic ring is 1. The van der Waals surface area contributed by atoms with E-state index in [0.29, 0.717) is 17.5 Å². The fourth-order valence-corrected chi connectivity index (χ4v) is 3.34. The Hall–Kier alpha value is -2.59. The summed E-state index contributed by atoms with van der Waals surface area (Å²) in [7, 11) is 0. The Morgan fingerprint density at radius 2 is 2.15 bits per heavy atom. The molecule has 0 saturated heterocycles. The first kappa shape index (κ1) is 18.2. The zero-order valence-corrected chi connectivity index (χ0v) is 15.2. The van der Waals surface area contributed by atoms with Crippen LogP contribution in [0.3, 0.4) is 0 Å². The van der Waals surface area contributed by atoms with E-state index in [2.05, 4.69) is 15.5 Å². The predicted octanol–water partition coefficient (Wildman–Crippen LogP) is 2.18. The van der Waals surface area contributed by atoms with Crippen molar-refractivity contribution in [2.45, 2.75) is 18.3 Å². The molecule has 0 unspecified atom stereocenters. The van der Waals surface area contributed by atoms with Gasteiger partial charge >= 0.3 is 0 Å². The minimum absolute atomic E-state index is 0.0322. The van der Waals surface area contributed by atoms with Gasteiger partial charge in [-0.15, -0.1) is 21.5 Å². The molecule has 7 nitrogen and oxygen atoms in total. The van der Waals surface area contributed by atoms with Gasteiger partial charge in [0.1, 0.15) is 6.61 Å². The highest BCUT2D eigenvalue weighted by atomic mass is 32.2. The summed E-state index contributed by atoms with van der Waals surface area (Å²) in [6, 6.07) is 9.95. The molecule has 1 amide bonds. The molecule has 10 heteroatoms. The van der Waals surface area contributed by atoms with Gasteiger partial charge in [0.25, 0.3) is 0 Å². The quantitative estimate of drug-likeness (QED) is 0.450. The van der Waals surface area contributed by atoms with Crippen LogP contribution in [0.25, 0.3) is 0 Å². The molecule has 0 radical (unpaired) electrons. The standard InChI is InChI=1S/C16H16FN5O2S2/c17-12-5-1-2-6-13(12)24-9-14-20-21-16(22(14)18)26-10-15(23)19-8-11-4-3-7-25-11/h1-7H,8-10,18H2,(H,19,23). The number of nitrogens with zero attached hydrogens (tertiary/aromatic N) is 3. The first-order valence-electron chi connectivity index (χ1n) is 7.62. The van der Waals surface area contributed by atoms with Crippen molar-refractivity contribution in [3.05, 3.63) is 58.3 Å². The summed E-state index contributed by atoms with van der Waals surface area (Å²) in [6.07, 6.45) is 0. The number of nitrogens with one attached hydrogen (secondary N) is 1. The molecular weight excluding hydrogens is 377 g/mol. The molecule has 0 atom stereocenters. The number of thioether (sulfide) groups is 1. The Morgan fingerprint density at radius 1 is 1.31 bits per heavy atom. The van der Waals surface area contributed by atoms with Gasteiger partial charge < -0.3 is 15.9 Å². The third-order valence-corrected chi connectivity index (χ3v) is 5.12. The maximum atomic E-state index is 13.5. The van der Waals surface area contributed by atoms with E-state index in [9.17, 15) is 9.18 Å². The lowest BCUT2D eigenvalue weighted by atomic mass is 10.3. The number of carbonyl (C=O) groups excluding carboxylic acids is 1. The fraction of sp³-hybridized carbons (Fsp3) is 0.188. The van der Waals surface area contributed by atoms with Crippen LogP contribution in [-0.4, -0.2) is 26.5 Å². The van der Waals surface area contributed by atoms with Crippen molar-refractivity contribution >= 4 is 29.0 Å². The number of aromatic nitrogens is 3. The van der Waals surface area contributed by atoms with Gasteiger partial charge in [-0.25, -0.2) is 9.07 Å². The summed E-state index contributed by atoms with van der Waals surface area (Å²) in [5.41, 5.74) is 0. The first-order valence-corrected chi connectivity index (χ1v) is 9.48. The smallest absolute Gasteiger partial charge is 0.230 e. The van der Waals surface area contributed by atoms with Crippen molar-refractivity contribution in [3.8, 4) is 5.75 Å². The van der Waals surface area contributed by atoms with Gasteiger partial charge in [0.05, 0.1) is 12.3 Å². The topological polar surface area (TPSA) is 95.1 Å². The third kappa shape index (κ3) is 4.73. The monoisotopic (exact) mass is 393 g/mol. The molecule has 2 heterocycles. The summed E-state index contributed by atoms with van der Waals surface area (Å²) in [6.45, 7) is 0.462. The van der Waals surface area contributed by atoms with Crippen molar-refractivity contribution < 1.29 is 13.9 Å². The van der Waals surface area contributed by atoms with E-state index in [1.807, 2.05) is 17.5 Å².